The molecule has 8 nitrogen and oxygen atoms in total. The fourth-order valence-electron chi connectivity index (χ4n) is 4.09. The number of carbonyl (C=O) groups excluding carboxylic acids is 2. The molecule has 0 spiro atoms. The standard InChI is InChI=1S/C21H28N6O2/c1-13(2)17-10-18(25-24-17)21(29)27-8-5-4-6-19(27)20-22-11-15-12-26(14(3)28)9-7-16(15)23-20/h10-11,13,19H,4-9,12H2,1-3H3,(H,24,25). The second-order valence-corrected chi connectivity index (χ2v) is 8.26. The second-order valence-electron chi connectivity index (χ2n) is 8.26. The SMILES string of the molecule is CC(=O)N1CCc2nc(C3CCCCN3C(=O)c3cc(C(C)C)[nH]n3)ncc2C1. The van der Waals surface area contributed by atoms with Crippen molar-refractivity contribution in [3.05, 3.63) is 40.7 Å². The van der Waals surface area contributed by atoms with E-state index >= 15 is 0 Å². The molecule has 0 bridgehead atoms. The fourth-order valence-corrected chi connectivity index (χ4v) is 4.09. The highest BCUT2D eigenvalue weighted by Crippen LogP contribution is 2.31. The van der Waals surface area contributed by atoms with Gasteiger partial charge in [-0.3, -0.25) is 14.7 Å². The second kappa shape index (κ2) is 7.93. The highest BCUT2D eigenvalue weighted by atomic mass is 16.2. The molecule has 29 heavy (non-hydrogen) atoms. The Morgan fingerprint density at radius 1 is 1.24 bits per heavy atom. The molecule has 4 heterocycles. The number of aromatic nitrogens is 4. The van der Waals surface area contributed by atoms with E-state index in [2.05, 4.69) is 29.0 Å². The van der Waals surface area contributed by atoms with E-state index in [1.807, 2.05) is 22.1 Å². The van der Waals surface area contributed by atoms with Gasteiger partial charge in [0.05, 0.1) is 11.7 Å². The van der Waals surface area contributed by atoms with Crippen LogP contribution in [0.3, 0.4) is 0 Å². The molecule has 2 aromatic heterocycles. The minimum atomic E-state index is -0.133. The molecule has 0 aliphatic carbocycles. The number of nitrogens with zero attached hydrogens (tertiary/aromatic N) is 5. The summed E-state index contributed by atoms with van der Waals surface area (Å²) in [5.41, 5.74) is 3.41. The highest BCUT2D eigenvalue weighted by Gasteiger charge is 2.32. The molecule has 0 saturated carbocycles. The van der Waals surface area contributed by atoms with Gasteiger partial charge in [0.15, 0.2) is 5.82 Å². The van der Waals surface area contributed by atoms with E-state index in [9.17, 15) is 9.59 Å². The number of fused-ring (bicyclic) bond motifs is 1. The molecule has 2 aromatic rings. The van der Waals surface area contributed by atoms with Gasteiger partial charge in [0.25, 0.3) is 5.91 Å². The Hall–Kier alpha value is -2.77. The molecule has 1 fully saturated rings. The normalized spacial score (nSPS) is 19.4. The lowest BCUT2D eigenvalue weighted by atomic mass is 9.99. The number of amides is 2. The molecule has 2 aliphatic rings. The number of likely N-dealkylation sites (tertiary alicyclic amines) is 1. The van der Waals surface area contributed by atoms with Crippen molar-refractivity contribution < 1.29 is 9.59 Å². The van der Waals surface area contributed by atoms with Crippen LogP contribution in [-0.2, 0) is 17.8 Å². The zero-order valence-electron chi connectivity index (χ0n) is 17.3. The van der Waals surface area contributed by atoms with Gasteiger partial charge in [-0.2, -0.15) is 5.10 Å². The summed E-state index contributed by atoms with van der Waals surface area (Å²) in [6.07, 6.45) is 5.43. The lowest BCUT2D eigenvalue weighted by Crippen LogP contribution is -2.40. The molecule has 154 valence electrons. The number of carbonyl (C=O) groups is 2. The van der Waals surface area contributed by atoms with Crippen LogP contribution < -0.4 is 0 Å². The van der Waals surface area contributed by atoms with Crippen molar-refractivity contribution in [3.63, 3.8) is 0 Å². The molecule has 2 aliphatic heterocycles. The van der Waals surface area contributed by atoms with Crippen molar-refractivity contribution in [1.29, 1.82) is 0 Å². The summed E-state index contributed by atoms with van der Waals surface area (Å²) in [6.45, 7) is 7.65. The van der Waals surface area contributed by atoms with Gasteiger partial charge < -0.3 is 9.80 Å². The van der Waals surface area contributed by atoms with Crippen LogP contribution in [0.2, 0.25) is 0 Å². The molecule has 8 heteroatoms. The van der Waals surface area contributed by atoms with E-state index in [1.165, 1.54) is 0 Å². The van der Waals surface area contributed by atoms with Gasteiger partial charge >= 0.3 is 0 Å². The first-order valence-electron chi connectivity index (χ1n) is 10.4. The maximum atomic E-state index is 13.2. The number of H-pyrrole nitrogens is 1. The van der Waals surface area contributed by atoms with Gasteiger partial charge in [0.1, 0.15) is 5.69 Å². The first-order valence-corrected chi connectivity index (χ1v) is 10.4. The third-order valence-corrected chi connectivity index (χ3v) is 5.90. The zero-order chi connectivity index (χ0) is 20.5. The van der Waals surface area contributed by atoms with E-state index in [-0.39, 0.29) is 17.9 Å². The first kappa shape index (κ1) is 19.5. The van der Waals surface area contributed by atoms with E-state index in [4.69, 9.17) is 4.98 Å². The Labute approximate surface area is 170 Å². The Balaban J connectivity index is 1.57. The van der Waals surface area contributed by atoms with Gasteiger partial charge in [0, 0.05) is 50.4 Å². The minimum absolute atomic E-state index is 0.0677. The van der Waals surface area contributed by atoms with Crippen LogP contribution >= 0.6 is 0 Å². The number of aromatic amines is 1. The summed E-state index contributed by atoms with van der Waals surface area (Å²) >= 11 is 0. The Morgan fingerprint density at radius 2 is 2.07 bits per heavy atom. The van der Waals surface area contributed by atoms with Gasteiger partial charge in [-0.15, -0.1) is 0 Å². The molecule has 1 unspecified atom stereocenters. The fraction of sp³-hybridized carbons (Fsp3) is 0.571. The summed E-state index contributed by atoms with van der Waals surface area (Å²) in [7, 11) is 0. The largest absolute Gasteiger partial charge is 0.338 e. The molecular formula is C21H28N6O2. The van der Waals surface area contributed by atoms with Crippen molar-refractivity contribution >= 4 is 11.8 Å². The number of piperidine rings is 1. The van der Waals surface area contributed by atoms with Crippen LogP contribution in [0, 0.1) is 0 Å². The zero-order valence-corrected chi connectivity index (χ0v) is 17.3. The molecule has 1 atom stereocenters. The van der Waals surface area contributed by atoms with Crippen molar-refractivity contribution in [1.82, 2.24) is 30.0 Å². The van der Waals surface area contributed by atoms with Gasteiger partial charge in [-0.25, -0.2) is 9.97 Å². The van der Waals surface area contributed by atoms with Crippen LogP contribution in [0.4, 0.5) is 0 Å². The van der Waals surface area contributed by atoms with Crippen LogP contribution in [0.5, 0.6) is 0 Å². The Kier molecular flexibility index (Phi) is 5.34. The monoisotopic (exact) mass is 396 g/mol. The van der Waals surface area contributed by atoms with E-state index in [1.54, 1.807) is 6.92 Å². The number of nitrogens with one attached hydrogen (secondary N) is 1. The molecule has 0 aromatic carbocycles. The van der Waals surface area contributed by atoms with Crippen molar-refractivity contribution in [2.24, 2.45) is 0 Å². The Bertz CT molecular complexity index is 922. The summed E-state index contributed by atoms with van der Waals surface area (Å²) in [5.74, 6) is 0.998. The molecular weight excluding hydrogens is 368 g/mol. The lowest BCUT2D eigenvalue weighted by molar-refractivity contribution is -0.129. The third kappa shape index (κ3) is 3.88. The quantitative estimate of drug-likeness (QED) is 0.860. The molecule has 4 rings (SSSR count). The summed E-state index contributed by atoms with van der Waals surface area (Å²) in [4.78, 5) is 37.9. The predicted molar refractivity (Wildman–Crippen MR) is 107 cm³/mol. The third-order valence-electron chi connectivity index (χ3n) is 5.90. The maximum absolute atomic E-state index is 13.2. The van der Waals surface area contributed by atoms with Crippen LogP contribution in [0.25, 0.3) is 0 Å². The summed E-state index contributed by atoms with van der Waals surface area (Å²) in [6, 6.07) is 1.72. The number of hydrogen-bond donors (Lipinski definition) is 1. The maximum Gasteiger partial charge on any atom is 0.274 e. The number of hydrogen-bond acceptors (Lipinski definition) is 5. The smallest absolute Gasteiger partial charge is 0.274 e. The molecule has 1 N–H and O–H groups in total. The van der Waals surface area contributed by atoms with Crippen LogP contribution in [-0.4, -0.2) is 54.9 Å². The van der Waals surface area contributed by atoms with Gasteiger partial charge in [-0.1, -0.05) is 13.8 Å². The topological polar surface area (TPSA) is 95.1 Å². The van der Waals surface area contributed by atoms with E-state index < -0.39 is 0 Å². The predicted octanol–water partition coefficient (Wildman–Crippen LogP) is 2.60. The molecule has 1 saturated heterocycles. The van der Waals surface area contributed by atoms with Crippen molar-refractivity contribution in [2.75, 3.05) is 13.1 Å². The van der Waals surface area contributed by atoms with Gasteiger partial charge in [-0.05, 0) is 31.2 Å². The number of rotatable bonds is 3. The van der Waals surface area contributed by atoms with Crippen LogP contribution in [0.1, 0.15) is 85.3 Å². The minimum Gasteiger partial charge on any atom is -0.338 e. The van der Waals surface area contributed by atoms with Crippen LogP contribution in [0.15, 0.2) is 12.3 Å². The Morgan fingerprint density at radius 3 is 2.79 bits per heavy atom. The highest BCUT2D eigenvalue weighted by molar-refractivity contribution is 5.92. The van der Waals surface area contributed by atoms with Crippen molar-refractivity contribution in [2.45, 2.75) is 65.0 Å². The lowest BCUT2D eigenvalue weighted by Gasteiger charge is -2.35. The van der Waals surface area contributed by atoms with Crippen molar-refractivity contribution in [3.8, 4) is 0 Å². The molecule has 2 amide bonds. The average Bonchev–Trinajstić information content (AvgIpc) is 3.23. The summed E-state index contributed by atoms with van der Waals surface area (Å²) < 4.78 is 0. The van der Waals surface area contributed by atoms with E-state index in [0.717, 1.165) is 42.6 Å². The molecule has 0 radical (unpaired) electrons. The van der Waals surface area contributed by atoms with E-state index in [0.29, 0.717) is 37.1 Å². The average molecular weight is 396 g/mol. The first-order chi connectivity index (χ1) is 13.9. The van der Waals surface area contributed by atoms with Gasteiger partial charge in [0.2, 0.25) is 5.91 Å². The summed E-state index contributed by atoms with van der Waals surface area (Å²) in [5, 5.41) is 7.21.